The maximum absolute atomic E-state index is 11.8. The molecule has 2 amide bonds. The van der Waals surface area contributed by atoms with Crippen LogP contribution in [0.5, 0.6) is 0 Å². The van der Waals surface area contributed by atoms with E-state index in [2.05, 4.69) is 15.6 Å². The summed E-state index contributed by atoms with van der Waals surface area (Å²) < 4.78 is 5.28. The molecule has 0 aliphatic heterocycles. The smallest absolute Gasteiger partial charge is 0.315 e. The van der Waals surface area contributed by atoms with E-state index >= 15 is 0 Å². The van der Waals surface area contributed by atoms with Crippen molar-refractivity contribution in [1.82, 2.24) is 15.6 Å². The lowest BCUT2D eigenvalue weighted by atomic mass is 9.96. The Hall–Kier alpha value is -2.04. The average Bonchev–Trinajstić information content (AvgIpc) is 2.96. The summed E-state index contributed by atoms with van der Waals surface area (Å²) in [6, 6.07) is 6.23. The molecule has 112 valence electrons. The Balaban J connectivity index is 1.43. The quantitative estimate of drug-likeness (QED) is 0.908. The molecule has 2 N–H and O–H groups in total. The number of nitrogens with zero attached hydrogens (tertiary/aromatic N) is 1. The Morgan fingerprint density at radius 1 is 1.29 bits per heavy atom. The molecule has 2 aromatic rings. The lowest BCUT2D eigenvalue weighted by Crippen LogP contribution is -2.43. The highest BCUT2D eigenvalue weighted by molar-refractivity contribution is 5.74. The van der Waals surface area contributed by atoms with Gasteiger partial charge in [-0.1, -0.05) is 25.3 Å². The number of fused-ring (bicyclic) bond motifs is 1. The molecule has 0 bridgehead atoms. The second kappa shape index (κ2) is 6.61. The number of hydrogen-bond donors (Lipinski definition) is 2. The van der Waals surface area contributed by atoms with Crippen LogP contribution in [0.4, 0.5) is 4.79 Å². The number of benzene rings is 1. The van der Waals surface area contributed by atoms with Gasteiger partial charge in [0, 0.05) is 12.6 Å². The van der Waals surface area contributed by atoms with Crippen LogP contribution in [-0.2, 0) is 6.42 Å². The van der Waals surface area contributed by atoms with E-state index in [1.165, 1.54) is 25.7 Å². The lowest BCUT2D eigenvalue weighted by Gasteiger charge is -2.22. The van der Waals surface area contributed by atoms with Crippen LogP contribution >= 0.6 is 0 Å². The largest absolute Gasteiger partial charge is 0.443 e. The van der Waals surface area contributed by atoms with Crippen LogP contribution in [0.1, 0.15) is 37.7 Å². The topological polar surface area (TPSA) is 67.2 Å². The van der Waals surface area contributed by atoms with Crippen LogP contribution in [-0.4, -0.2) is 23.6 Å². The van der Waals surface area contributed by atoms with Gasteiger partial charge >= 0.3 is 6.03 Å². The third kappa shape index (κ3) is 3.74. The van der Waals surface area contributed by atoms with Crippen molar-refractivity contribution in [2.45, 2.75) is 44.6 Å². The maximum Gasteiger partial charge on any atom is 0.315 e. The molecule has 0 spiro atoms. The minimum absolute atomic E-state index is 0.0531. The summed E-state index contributed by atoms with van der Waals surface area (Å²) in [5.41, 5.74) is 2.79. The Kier molecular flexibility index (Phi) is 4.38. The zero-order valence-corrected chi connectivity index (χ0v) is 12.1. The number of carbonyl (C=O) groups excluding carboxylic acids is 1. The van der Waals surface area contributed by atoms with E-state index in [1.807, 2.05) is 18.2 Å². The van der Waals surface area contributed by atoms with Crippen molar-refractivity contribution in [2.24, 2.45) is 0 Å². The van der Waals surface area contributed by atoms with Crippen molar-refractivity contribution in [2.75, 3.05) is 6.54 Å². The Morgan fingerprint density at radius 2 is 2.14 bits per heavy atom. The SMILES string of the molecule is O=C(NCCc1ccc2ncoc2c1)NC1CCCCC1. The molecule has 5 nitrogen and oxygen atoms in total. The molecular weight excluding hydrogens is 266 g/mol. The Labute approximate surface area is 124 Å². The molecule has 0 radical (unpaired) electrons. The zero-order valence-electron chi connectivity index (χ0n) is 12.1. The maximum atomic E-state index is 11.8. The van der Waals surface area contributed by atoms with Crippen molar-refractivity contribution < 1.29 is 9.21 Å². The number of amides is 2. The van der Waals surface area contributed by atoms with Crippen LogP contribution < -0.4 is 10.6 Å². The van der Waals surface area contributed by atoms with Crippen LogP contribution in [0.2, 0.25) is 0 Å². The number of hydrogen-bond acceptors (Lipinski definition) is 3. The standard InChI is InChI=1S/C16H21N3O2/c20-16(19-13-4-2-1-3-5-13)17-9-8-12-6-7-14-15(10-12)21-11-18-14/h6-7,10-11,13H,1-5,8-9H2,(H2,17,19,20). The number of carbonyl (C=O) groups is 1. The van der Waals surface area contributed by atoms with Gasteiger partial charge in [0.05, 0.1) is 0 Å². The first-order valence-electron chi connectivity index (χ1n) is 7.68. The van der Waals surface area contributed by atoms with Gasteiger partial charge < -0.3 is 15.1 Å². The molecule has 1 saturated carbocycles. The molecule has 5 heteroatoms. The van der Waals surface area contributed by atoms with Crippen LogP contribution in [0.3, 0.4) is 0 Å². The molecule has 0 atom stereocenters. The zero-order chi connectivity index (χ0) is 14.5. The normalized spacial score (nSPS) is 16.0. The van der Waals surface area contributed by atoms with E-state index < -0.39 is 0 Å². The highest BCUT2D eigenvalue weighted by atomic mass is 16.3. The highest BCUT2D eigenvalue weighted by Gasteiger charge is 2.15. The van der Waals surface area contributed by atoms with Gasteiger partial charge in [0.25, 0.3) is 0 Å². The monoisotopic (exact) mass is 287 g/mol. The Bertz CT molecular complexity index is 602. The van der Waals surface area contributed by atoms with E-state index in [0.717, 1.165) is 35.9 Å². The van der Waals surface area contributed by atoms with E-state index in [4.69, 9.17) is 4.42 Å². The molecule has 1 heterocycles. The summed E-state index contributed by atoms with van der Waals surface area (Å²) in [6.45, 7) is 0.623. The summed E-state index contributed by atoms with van der Waals surface area (Å²) >= 11 is 0. The molecule has 1 aromatic carbocycles. The van der Waals surface area contributed by atoms with Crippen molar-refractivity contribution in [1.29, 1.82) is 0 Å². The minimum Gasteiger partial charge on any atom is -0.443 e. The number of nitrogens with one attached hydrogen (secondary N) is 2. The molecule has 21 heavy (non-hydrogen) atoms. The number of aromatic nitrogens is 1. The van der Waals surface area contributed by atoms with Gasteiger partial charge in [0.15, 0.2) is 12.0 Å². The number of urea groups is 1. The van der Waals surface area contributed by atoms with Gasteiger partial charge in [-0.25, -0.2) is 9.78 Å². The van der Waals surface area contributed by atoms with Gasteiger partial charge in [-0.3, -0.25) is 0 Å². The fourth-order valence-electron chi connectivity index (χ4n) is 2.86. The third-order valence-corrected chi connectivity index (χ3v) is 4.04. The lowest BCUT2D eigenvalue weighted by molar-refractivity contribution is 0.233. The first-order valence-corrected chi connectivity index (χ1v) is 7.68. The van der Waals surface area contributed by atoms with Gasteiger partial charge in [-0.05, 0) is 37.0 Å². The van der Waals surface area contributed by atoms with Crippen molar-refractivity contribution in [3.8, 4) is 0 Å². The molecule has 1 aliphatic rings. The molecule has 3 rings (SSSR count). The van der Waals surface area contributed by atoms with Crippen molar-refractivity contribution in [3.63, 3.8) is 0 Å². The minimum atomic E-state index is -0.0531. The fraction of sp³-hybridized carbons (Fsp3) is 0.500. The summed E-state index contributed by atoms with van der Waals surface area (Å²) in [7, 11) is 0. The summed E-state index contributed by atoms with van der Waals surface area (Å²) in [4.78, 5) is 15.9. The second-order valence-electron chi connectivity index (χ2n) is 5.64. The first-order chi connectivity index (χ1) is 10.3. The van der Waals surface area contributed by atoms with Crippen molar-refractivity contribution >= 4 is 17.1 Å². The molecule has 1 fully saturated rings. The summed E-state index contributed by atoms with van der Waals surface area (Å²) in [5, 5.41) is 5.98. The molecule has 1 aliphatic carbocycles. The van der Waals surface area contributed by atoms with Crippen LogP contribution in [0.25, 0.3) is 11.1 Å². The molecular formula is C16H21N3O2. The van der Waals surface area contributed by atoms with E-state index in [-0.39, 0.29) is 6.03 Å². The predicted octanol–water partition coefficient (Wildman–Crippen LogP) is 3.00. The molecule has 1 aromatic heterocycles. The number of oxazole rings is 1. The van der Waals surface area contributed by atoms with Gasteiger partial charge in [-0.2, -0.15) is 0 Å². The predicted molar refractivity (Wildman–Crippen MR) is 81.1 cm³/mol. The molecule has 0 unspecified atom stereocenters. The first kappa shape index (κ1) is 13.9. The summed E-state index contributed by atoms with van der Waals surface area (Å²) in [5.74, 6) is 0. The van der Waals surface area contributed by atoms with Gasteiger partial charge in [0.1, 0.15) is 5.52 Å². The third-order valence-electron chi connectivity index (χ3n) is 4.04. The van der Waals surface area contributed by atoms with Gasteiger partial charge in [0.2, 0.25) is 0 Å². The van der Waals surface area contributed by atoms with Crippen molar-refractivity contribution in [3.05, 3.63) is 30.2 Å². The van der Waals surface area contributed by atoms with E-state index in [9.17, 15) is 4.79 Å². The summed E-state index contributed by atoms with van der Waals surface area (Å²) in [6.07, 6.45) is 8.19. The van der Waals surface area contributed by atoms with Crippen LogP contribution in [0, 0.1) is 0 Å². The van der Waals surface area contributed by atoms with E-state index in [0.29, 0.717) is 12.6 Å². The fourth-order valence-corrected chi connectivity index (χ4v) is 2.86. The Morgan fingerprint density at radius 3 is 3.00 bits per heavy atom. The average molecular weight is 287 g/mol. The van der Waals surface area contributed by atoms with E-state index in [1.54, 1.807) is 0 Å². The second-order valence-corrected chi connectivity index (χ2v) is 5.64. The highest BCUT2D eigenvalue weighted by Crippen LogP contribution is 2.17. The number of rotatable bonds is 4. The van der Waals surface area contributed by atoms with Gasteiger partial charge in [-0.15, -0.1) is 0 Å². The molecule has 0 saturated heterocycles. The van der Waals surface area contributed by atoms with Crippen LogP contribution in [0.15, 0.2) is 29.0 Å².